The van der Waals surface area contributed by atoms with Crippen molar-refractivity contribution in [3.05, 3.63) is 35.6 Å². The van der Waals surface area contributed by atoms with Crippen LogP contribution in [0.4, 0.5) is 9.18 Å². The van der Waals surface area contributed by atoms with Gasteiger partial charge in [0, 0.05) is 19.6 Å². The Kier molecular flexibility index (Phi) is 5.80. The molecule has 0 aromatic heterocycles. The van der Waals surface area contributed by atoms with Gasteiger partial charge in [-0.25, -0.2) is 9.18 Å². The van der Waals surface area contributed by atoms with Gasteiger partial charge in [0.25, 0.3) is 0 Å². The summed E-state index contributed by atoms with van der Waals surface area (Å²) in [7, 11) is 0. The van der Waals surface area contributed by atoms with Crippen LogP contribution in [-0.4, -0.2) is 35.6 Å². The molecular weight excluding hydrogens is 311 g/mol. The smallest absolute Gasteiger partial charge is 0.410 e. The molecule has 2 amide bonds. The SMILES string of the molecule is CC(C)(C)OC(=O)N1CCCC(C(=O)NCc2cccc(F)c2)C1. The van der Waals surface area contributed by atoms with Crippen molar-refractivity contribution in [1.29, 1.82) is 0 Å². The number of nitrogens with zero attached hydrogens (tertiary/aromatic N) is 1. The van der Waals surface area contributed by atoms with E-state index in [2.05, 4.69) is 5.32 Å². The van der Waals surface area contributed by atoms with Crippen LogP contribution in [0.15, 0.2) is 24.3 Å². The lowest BCUT2D eigenvalue weighted by molar-refractivity contribution is -0.126. The highest BCUT2D eigenvalue weighted by molar-refractivity contribution is 5.80. The number of rotatable bonds is 3. The maximum atomic E-state index is 13.2. The monoisotopic (exact) mass is 336 g/mol. The molecule has 0 saturated carbocycles. The minimum atomic E-state index is -0.552. The van der Waals surface area contributed by atoms with Gasteiger partial charge >= 0.3 is 6.09 Å². The molecule has 2 rings (SSSR count). The van der Waals surface area contributed by atoms with Gasteiger partial charge in [0.1, 0.15) is 11.4 Å². The van der Waals surface area contributed by atoms with Crippen LogP contribution in [0.2, 0.25) is 0 Å². The molecule has 6 heteroatoms. The van der Waals surface area contributed by atoms with Crippen molar-refractivity contribution < 1.29 is 18.7 Å². The van der Waals surface area contributed by atoms with E-state index in [0.717, 1.165) is 12.8 Å². The highest BCUT2D eigenvalue weighted by Crippen LogP contribution is 2.19. The molecule has 5 nitrogen and oxygen atoms in total. The fraction of sp³-hybridized carbons (Fsp3) is 0.556. The predicted octanol–water partition coefficient (Wildman–Crippen LogP) is 3.09. The first-order valence-electron chi connectivity index (χ1n) is 8.25. The molecule has 1 saturated heterocycles. The van der Waals surface area contributed by atoms with Crippen molar-refractivity contribution in [2.24, 2.45) is 5.92 Å². The number of halogens is 1. The fourth-order valence-corrected chi connectivity index (χ4v) is 2.66. The lowest BCUT2D eigenvalue weighted by Crippen LogP contribution is -2.46. The molecule has 0 bridgehead atoms. The predicted molar refractivity (Wildman–Crippen MR) is 88.8 cm³/mol. The van der Waals surface area contributed by atoms with Crippen molar-refractivity contribution in [1.82, 2.24) is 10.2 Å². The molecule has 1 atom stereocenters. The van der Waals surface area contributed by atoms with Gasteiger partial charge in [0.05, 0.1) is 5.92 Å². The van der Waals surface area contributed by atoms with E-state index in [1.165, 1.54) is 12.1 Å². The minimum Gasteiger partial charge on any atom is -0.444 e. The zero-order valence-electron chi connectivity index (χ0n) is 14.5. The summed E-state index contributed by atoms with van der Waals surface area (Å²) in [5.74, 6) is -0.706. The molecule has 1 aromatic rings. The minimum absolute atomic E-state index is 0.118. The van der Waals surface area contributed by atoms with Crippen molar-refractivity contribution in [3.63, 3.8) is 0 Å². The van der Waals surface area contributed by atoms with Crippen LogP contribution in [0.5, 0.6) is 0 Å². The highest BCUT2D eigenvalue weighted by atomic mass is 19.1. The first-order chi connectivity index (χ1) is 11.2. The topological polar surface area (TPSA) is 58.6 Å². The highest BCUT2D eigenvalue weighted by Gasteiger charge is 2.30. The van der Waals surface area contributed by atoms with Gasteiger partial charge in [-0.3, -0.25) is 4.79 Å². The van der Waals surface area contributed by atoms with Crippen molar-refractivity contribution in [2.75, 3.05) is 13.1 Å². The second-order valence-electron chi connectivity index (χ2n) is 7.11. The molecule has 0 aliphatic carbocycles. The number of carbonyl (C=O) groups is 2. The summed E-state index contributed by atoms with van der Waals surface area (Å²) in [6, 6.07) is 6.14. The molecule has 1 fully saturated rings. The van der Waals surface area contributed by atoms with E-state index in [1.807, 2.05) is 20.8 Å². The van der Waals surface area contributed by atoms with Gasteiger partial charge in [0.2, 0.25) is 5.91 Å². The summed E-state index contributed by atoms with van der Waals surface area (Å²) in [6.45, 7) is 6.68. The standard InChI is InChI=1S/C18H25FN2O3/c1-18(2,3)24-17(23)21-9-5-7-14(12-21)16(22)20-11-13-6-4-8-15(19)10-13/h4,6,8,10,14H,5,7,9,11-12H2,1-3H3,(H,20,22). The maximum Gasteiger partial charge on any atom is 0.410 e. The number of piperidine rings is 1. The molecular formula is C18H25FN2O3. The Hall–Kier alpha value is -2.11. The van der Waals surface area contributed by atoms with Crippen LogP contribution in [0, 0.1) is 11.7 Å². The van der Waals surface area contributed by atoms with Crippen LogP contribution in [-0.2, 0) is 16.1 Å². The molecule has 0 radical (unpaired) electrons. The third-order valence-corrected chi connectivity index (χ3v) is 3.80. The van der Waals surface area contributed by atoms with E-state index in [9.17, 15) is 14.0 Å². The Morgan fingerprint density at radius 2 is 2.12 bits per heavy atom. The molecule has 24 heavy (non-hydrogen) atoms. The summed E-state index contributed by atoms with van der Waals surface area (Å²) in [5.41, 5.74) is 0.159. The number of hydrogen-bond donors (Lipinski definition) is 1. The summed E-state index contributed by atoms with van der Waals surface area (Å²) in [5, 5.41) is 2.82. The van der Waals surface area contributed by atoms with Gasteiger partial charge in [-0.1, -0.05) is 12.1 Å². The van der Waals surface area contributed by atoms with Gasteiger partial charge in [0.15, 0.2) is 0 Å². The second kappa shape index (κ2) is 7.64. The number of ether oxygens (including phenoxy) is 1. The average Bonchev–Trinajstić information content (AvgIpc) is 2.51. The van der Waals surface area contributed by atoms with E-state index in [0.29, 0.717) is 18.7 Å². The number of benzene rings is 1. The van der Waals surface area contributed by atoms with Crippen molar-refractivity contribution in [3.8, 4) is 0 Å². The molecule has 1 aromatic carbocycles. The van der Waals surface area contributed by atoms with Crippen LogP contribution >= 0.6 is 0 Å². The Labute approximate surface area is 142 Å². The zero-order chi connectivity index (χ0) is 17.7. The van der Waals surface area contributed by atoms with Crippen LogP contribution < -0.4 is 5.32 Å². The first-order valence-corrected chi connectivity index (χ1v) is 8.25. The number of likely N-dealkylation sites (tertiary alicyclic amines) is 1. The summed E-state index contributed by atoms with van der Waals surface area (Å²) < 4.78 is 18.5. The van der Waals surface area contributed by atoms with Gasteiger partial charge in [-0.05, 0) is 51.3 Å². The number of amides is 2. The summed E-state index contributed by atoms with van der Waals surface area (Å²) in [4.78, 5) is 26.0. The largest absolute Gasteiger partial charge is 0.444 e. The van der Waals surface area contributed by atoms with E-state index in [-0.39, 0.29) is 30.3 Å². The lowest BCUT2D eigenvalue weighted by atomic mass is 9.97. The molecule has 132 valence electrons. The van der Waals surface area contributed by atoms with Gasteiger partial charge in [-0.15, -0.1) is 0 Å². The van der Waals surface area contributed by atoms with Crippen molar-refractivity contribution >= 4 is 12.0 Å². The number of nitrogens with one attached hydrogen (secondary N) is 1. The lowest BCUT2D eigenvalue weighted by Gasteiger charge is -2.33. The molecule has 1 heterocycles. The van der Waals surface area contributed by atoms with Crippen molar-refractivity contribution in [2.45, 2.75) is 45.8 Å². The van der Waals surface area contributed by atoms with E-state index >= 15 is 0 Å². The maximum absolute atomic E-state index is 13.2. The molecule has 1 unspecified atom stereocenters. The average molecular weight is 336 g/mol. The molecule has 1 aliphatic rings. The van der Waals surface area contributed by atoms with E-state index < -0.39 is 5.60 Å². The number of carbonyl (C=O) groups excluding carboxylic acids is 2. The van der Waals surface area contributed by atoms with Crippen LogP contribution in [0.1, 0.15) is 39.2 Å². The van der Waals surface area contributed by atoms with Gasteiger partial charge < -0.3 is 15.0 Å². The van der Waals surface area contributed by atoms with Gasteiger partial charge in [-0.2, -0.15) is 0 Å². The van der Waals surface area contributed by atoms with E-state index in [1.54, 1.807) is 17.0 Å². The molecule has 1 aliphatic heterocycles. The second-order valence-corrected chi connectivity index (χ2v) is 7.11. The van der Waals surface area contributed by atoms with Crippen LogP contribution in [0.25, 0.3) is 0 Å². The molecule has 1 N–H and O–H groups in total. The Bertz CT molecular complexity index is 598. The zero-order valence-corrected chi connectivity index (χ0v) is 14.5. The Balaban J connectivity index is 1.87. The summed E-state index contributed by atoms with van der Waals surface area (Å²) in [6.07, 6.45) is 1.11. The van der Waals surface area contributed by atoms with Crippen LogP contribution in [0.3, 0.4) is 0 Å². The quantitative estimate of drug-likeness (QED) is 0.923. The summed E-state index contributed by atoms with van der Waals surface area (Å²) >= 11 is 0. The Morgan fingerprint density at radius 1 is 1.38 bits per heavy atom. The molecule has 0 spiro atoms. The third kappa shape index (κ3) is 5.51. The first kappa shape index (κ1) is 18.2. The third-order valence-electron chi connectivity index (χ3n) is 3.80. The fourth-order valence-electron chi connectivity index (χ4n) is 2.66. The Morgan fingerprint density at radius 3 is 2.79 bits per heavy atom. The number of hydrogen-bond acceptors (Lipinski definition) is 3. The normalized spacial score (nSPS) is 18.2. The van der Waals surface area contributed by atoms with E-state index in [4.69, 9.17) is 4.74 Å².